The van der Waals surface area contributed by atoms with Crippen molar-refractivity contribution < 1.29 is 9.59 Å². The number of amides is 2. The van der Waals surface area contributed by atoms with Crippen molar-refractivity contribution in [1.29, 1.82) is 0 Å². The quantitative estimate of drug-likeness (QED) is 0.694. The second kappa shape index (κ2) is 7.42. The molecule has 2 N–H and O–H groups in total. The Balaban J connectivity index is 1.85. The number of rotatable bonds is 4. The fourth-order valence-corrected chi connectivity index (χ4v) is 2.96. The number of aromatic nitrogens is 4. The van der Waals surface area contributed by atoms with E-state index in [1.807, 2.05) is 6.92 Å². The van der Waals surface area contributed by atoms with Crippen LogP contribution in [0.1, 0.15) is 26.5 Å². The third-order valence-electron chi connectivity index (χ3n) is 4.06. The number of aryl methyl sites for hydroxylation is 2. The molecule has 0 aliphatic heterocycles. The van der Waals surface area contributed by atoms with Gasteiger partial charge in [-0.2, -0.15) is 10.2 Å². The maximum absolute atomic E-state index is 12.7. The molecule has 0 fully saturated rings. The summed E-state index contributed by atoms with van der Waals surface area (Å²) in [5.74, 6) is -0.903. The van der Waals surface area contributed by atoms with Gasteiger partial charge in [0.25, 0.3) is 11.8 Å². The van der Waals surface area contributed by atoms with Gasteiger partial charge in [0.15, 0.2) is 0 Å². The van der Waals surface area contributed by atoms with Gasteiger partial charge in [-0.05, 0) is 25.1 Å². The SMILES string of the molecule is Cc1c(NC(=O)c2c(NC(=O)c3ccc(Cl)cc3Cl)cnn2C)cnn1C. The Labute approximate surface area is 165 Å². The molecule has 0 radical (unpaired) electrons. The van der Waals surface area contributed by atoms with Crippen LogP contribution in [0, 0.1) is 6.92 Å². The fourth-order valence-electron chi connectivity index (χ4n) is 2.46. The molecule has 27 heavy (non-hydrogen) atoms. The topological polar surface area (TPSA) is 93.8 Å². The van der Waals surface area contributed by atoms with Gasteiger partial charge in [-0.25, -0.2) is 0 Å². The molecule has 0 spiro atoms. The minimum absolute atomic E-state index is 0.191. The second-order valence-electron chi connectivity index (χ2n) is 5.83. The van der Waals surface area contributed by atoms with Crippen LogP contribution in [-0.4, -0.2) is 31.4 Å². The first kappa shape index (κ1) is 18.9. The monoisotopic (exact) mass is 406 g/mol. The first-order valence-electron chi connectivity index (χ1n) is 7.86. The zero-order chi connectivity index (χ0) is 19.7. The van der Waals surface area contributed by atoms with Crippen molar-refractivity contribution in [1.82, 2.24) is 19.6 Å². The van der Waals surface area contributed by atoms with E-state index in [0.29, 0.717) is 10.7 Å². The molecular formula is C17H16Cl2N6O2. The highest BCUT2D eigenvalue weighted by atomic mass is 35.5. The molecule has 2 amide bonds. The highest BCUT2D eigenvalue weighted by Gasteiger charge is 2.21. The number of benzene rings is 1. The van der Waals surface area contributed by atoms with Crippen LogP contribution in [-0.2, 0) is 14.1 Å². The number of anilines is 2. The molecule has 2 heterocycles. The van der Waals surface area contributed by atoms with Gasteiger partial charge in [-0.1, -0.05) is 23.2 Å². The van der Waals surface area contributed by atoms with Gasteiger partial charge < -0.3 is 10.6 Å². The number of carbonyl (C=O) groups excluding carboxylic acids is 2. The van der Waals surface area contributed by atoms with Crippen LogP contribution in [0.5, 0.6) is 0 Å². The lowest BCUT2D eigenvalue weighted by molar-refractivity contribution is 0.101. The van der Waals surface area contributed by atoms with Gasteiger partial charge in [-0.3, -0.25) is 19.0 Å². The summed E-state index contributed by atoms with van der Waals surface area (Å²) in [7, 11) is 3.38. The molecule has 0 aliphatic carbocycles. The van der Waals surface area contributed by atoms with E-state index in [1.165, 1.54) is 23.0 Å². The summed E-state index contributed by atoms with van der Waals surface area (Å²) in [4.78, 5) is 25.2. The first-order chi connectivity index (χ1) is 12.8. The maximum atomic E-state index is 12.7. The molecule has 0 aliphatic rings. The smallest absolute Gasteiger partial charge is 0.276 e. The van der Waals surface area contributed by atoms with E-state index in [1.54, 1.807) is 31.0 Å². The number of nitrogens with one attached hydrogen (secondary N) is 2. The third-order valence-corrected chi connectivity index (χ3v) is 4.61. The molecule has 0 unspecified atom stereocenters. The van der Waals surface area contributed by atoms with Crippen molar-refractivity contribution in [3.63, 3.8) is 0 Å². The Morgan fingerprint density at radius 2 is 1.59 bits per heavy atom. The lowest BCUT2D eigenvalue weighted by Crippen LogP contribution is -2.20. The van der Waals surface area contributed by atoms with Crippen molar-refractivity contribution >= 4 is 46.4 Å². The molecule has 0 bridgehead atoms. The summed E-state index contributed by atoms with van der Waals surface area (Å²) < 4.78 is 3.02. The zero-order valence-corrected chi connectivity index (χ0v) is 16.3. The minimum Gasteiger partial charge on any atom is -0.319 e. The minimum atomic E-state index is -0.476. The standard InChI is InChI=1S/C17H16Cl2N6O2/c1-9-13(7-20-24(9)2)22-17(27)15-14(8-21-25(15)3)23-16(26)11-5-4-10(18)6-12(11)19/h4-8H,1-3H3,(H,22,27)(H,23,26). The van der Waals surface area contributed by atoms with Gasteiger partial charge in [0.2, 0.25) is 0 Å². The van der Waals surface area contributed by atoms with E-state index in [4.69, 9.17) is 23.2 Å². The highest BCUT2D eigenvalue weighted by molar-refractivity contribution is 6.37. The number of carbonyl (C=O) groups is 2. The molecular weight excluding hydrogens is 391 g/mol. The van der Waals surface area contributed by atoms with E-state index >= 15 is 0 Å². The Bertz CT molecular complexity index is 1040. The average molecular weight is 407 g/mol. The molecule has 0 saturated heterocycles. The van der Waals surface area contributed by atoms with Crippen LogP contribution in [0.2, 0.25) is 10.0 Å². The van der Waals surface area contributed by atoms with Crippen LogP contribution in [0.25, 0.3) is 0 Å². The molecule has 0 atom stereocenters. The molecule has 2 aromatic heterocycles. The highest BCUT2D eigenvalue weighted by Crippen LogP contribution is 2.24. The molecule has 10 heteroatoms. The van der Waals surface area contributed by atoms with E-state index in [9.17, 15) is 9.59 Å². The summed E-state index contributed by atoms with van der Waals surface area (Å²) in [5, 5.41) is 14.2. The van der Waals surface area contributed by atoms with Gasteiger partial charge in [0, 0.05) is 19.1 Å². The van der Waals surface area contributed by atoms with E-state index in [2.05, 4.69) is 20.8 Å². The molecule has 8 nitrogen and oxygen atoms in total. The summed E-state index contributed by atoms with van der Waals surface area (Å²) >= 11 is 11.9. The van der Waals surface area contributed by atoms with Crippen molar-refractivity contribution in [3.05, 3.63) is 57.6 Å². The summed E-state index contributed by atoms with van der Waals surface area (Å²) in [5.41, 5.74) is 2.05. The average Bonchev–Trinajstić information content (AvgIpc) is 3.11. The number of hydrogen-bond donors (Lipinski definition) is 2. The van der Waals surface area contributed by atoms with Crippen LogP contribution < -0.4 is 10.6 Å². The predicted molar refractivity (Wildman–Crippen MR) is 104 cm³/mol. The van der Waals surface area contributed by atoms with Crippen molar-refractivity contribution in [2.24, 2.45) is 14.1 Å². The largest absolute Gasteiger partial charge is 0.319 e. The zero-order valence-electron chi connectivity index (χ0n) is 14.7. The second-order valence-corrected chi connectivity index (χ2v) is 6.67. The van der Waals surface area contributed by atoms with Gasteiger partial charge in [-0.15, -0.1) is 0 Å². The van der Waals surface area contributed by atoms with Gasteiger partial charge >= 0.3 is 0 Å². The van der Waals surface area contributed by atoms with Crippen molar-refractivity contribution in [3.8, 4) is 0 Å². The van der Waals surface area contributed by atoms with E-state index in [0.717, 1.165) is 5.69 Å². The van der Waals surface area contributed by atoms with Crippen LogP contribution in [0.15, 0.2) is 30.6 Å². The van der Waals surface area contributed by atoms with E-state index < -0.39 is 11.8 Å². The number of hydrogen-bond acceptors (Lipinski definition) is 4. The molecule has 1 aromatic carbocycles. The number of nitrogens with zero attached hydrogens (tertiary/aromatic N) is 4. The number of halogens is 2. The molecule has 0 saturated carbocycles. The normalized spacial score (nSPS) is 10.7. The Hall–Kier alpha value is -2.84. The predicted octanol–water partition coefficient (Wildman–Crippen LogP) is 3.27. The first-order valence-corrected chi connectivity index (χ1v) is 8.62. The van der Waals surface area contributed by atoms with Crippen LogP contribution >= 0.6 is 23.2 Å². The molecule has 3 aromatic rings. The summed E-state index contributed by atoms with van der Waals surface area (Å²) in [6.07, 6.45) is 2.95. The maximum Gasteiger partial charge on any atom is 0.276 e. The molecule has 3 rings (SSSR count). The van der Waals surface area contributed by atoms with E-state index in [-0.39, 0.29) is 22.0 Å². The van der Waals surface area contributed by atoms with Gasteiger partial charge in [0.1, 0.15) is 5.69 Å². The summed E-state index contributed by atoms with van der Waals surface area (Å²) in [6, 6.07) is 4.54. The Morgan fingerprint density at radius 3 is 2.22 bits per heavy atom. The Kier molecular flexibility index (Phi) is 5.20. The molecule has 140 valence electrons. The Morgan fingerprint density at radius 1 is 0.963 bits per heavy atom. The van der Waals surface area contributed by atoms with Gasteiger partial charge in [0.05, 0.1) is 40.0 Å². The summed E-state index contributed by atoms with van der Waals surface area (Å²) in [6.45, 7) is 1.83. The van der Waals surface area contributed by atoms with Crippen LogP contribution in [0.4, 0.5) is 11.4 Å². The lowest BCUT2D eigenvalue weighted by atomic mass is 10.2. The fraction of sp³-hybridized carbons (Fsp3) is 0.176. The van der Waals surface area contributed by atoms with Crippen LogP contribution in [0.3, 0.4) is 0 Å². The lowest BCUT2D eigenvalue weighted by Gasteiger charge is -2.09. The van der Waals surface area contributed by atoms with Crippen molar-refractivity contribution in [2.75, 3.05) is 10.6 Å². The van der Waals surface area contributed by atoms with Crippen molar-refractivity contribution in [2.45, 2.75) is 6.92 Å². The third kappa shape index (κ3) is 3.81.